The number of nitriles is 1. The highest BCUT2D eigenvalue weighted by Crippen LogP contribution is 2.26. The Morgan fingerprint density at radius 2 is 2.00 bits per heavy atom. The van der Waals surface area contributed by atoms with Gasteiger partial charge in [0.25, 0.3) is 0 Å². The number of nitrogens with zero attached hydrogens (tertiary/aromatic N) is 1. The molecule has 2 nitrogen and oxygen atoms in total. The monoisotopic (exact) mass is 243 g/mol. The van der Waals surface area contributed by atoms with Crippen molar-refractivity contribution in [1.29, 1.82) is 5.26 Å². The van der Waals surface area contributed by atoms with Gasteiger partial charge in [0.1, 0.15) is 0 Å². The molecule has 1 aliphatic carbocycles. The molecule has 2 heteroatoms. The summed E-state index contributed by atoms with van der Waals surface area (Å²) in [4.78, 5) is 0. The van der Waals surface area contributed by atoms with Crippen LogP contribution in [0.5, 0.6) is 0 Å². The first kappa shape index (κ1) is 13.1. The minimum absolute atomic E-state index is 0.427. The maximum Gasteiger partial charge on any atom is 0.0991 e. The molecule has 0 amide bonds. The standard InChI is InChI=1S/C16H21NO/c1-12-3-7-16(8-4-12)18-11-15-6-5-14(10-17)9-13(15)2/h5-6,9,12,16H,3-4,7-8,11H2,1-2H3. The van der Waals surface area contributed by atoms with Crippen molar-refractivity contribution in [2.75, 3.05) is 0 Å². The molecule has 0 unspecified atom stereocenters. The van der Waals surface area contributed by atoms with E-state index in [1.54, 1.807) is 0 Å². The zero-order valence-corrected chi connectivity index (χ0v) is 11.3. The molecule has 0 atom stereocenters. The predicted octanol–water partition coefficient (Wildman–Crippen LogP) is 3.96. The number of rotatable bonds is 3. The van der Waals surface area contributed by atoms with Gasteiger partial charge < -0.3 is 4.74 Å². The molecule has 1 saturated carbocycles. The fourth-order valence-electron chi connectivity index (χ4n) is 2.53. The van der Waals surface area contributed by atoms with Crippen molar-refractivity contribution < 1.29 is 4.74 Å². The van der Waals surface area contributed by atoms with Gasteiger partial charge in [0.05, 0.1) is 24.3 Å². The van der Waals surface area contributed by atoms with Crippen molar-refractivity contribution >= 4 is 0 Å². The SMILES string of the molecule is Cc1cc(C#N)ccc1COC1CCC(C)CC1. The van der Waals surface area contributed by atoms with Crippen LogP contribution in [-0.4, -0.2) is 6.10 Å². The minimum atomic E-state index is 0.427. The Morgan fingerprint density at radius 3 is 2.61 bits per heavy atom. The lowest BCUT2D eigenvalue weighted by atomic mass is 9.89. The molecule has 0 radical (unpaired) electrons. The van der Waals surface area contributed by atoms with Crippen molar-refractivity contribution in [3.8, 4) is 6.07 Å². The smallest absolute Gasteiger partial charge is 0.0991 e. The van der Waals surface area contributed by atoms with Gasteiger partial charge in [-0.1, -0.05) is 13.0 Å². The van der Waals surface area contributed by atoms with Crippen LogP contribution >= 0.6 is 0 Å². The molecule has 0 spiro atoms. The van der Waals surface area contributed by atoms with Gasteiger partial charge in [-0.25, -0.2) is 0 Å². The molecule has 0 saturated heterocycles. The summed E-state index contributed by atoms with van der Waals surface area (Å²) in [5.41, 5.74) is 3.08. The fourth-order valence-corrected chi connectivity index (χ4v) is 2.53. The van der Waals surface area contributed by atoms with Crippen LogP contribution in [0.4, 0.5) is 0 Å². The number of hydrogen-bond donors (Lipinski definition) is 0. The summed E-state index contributed by atoms with van der Waals surface area (Å²) in [6.45, 7) is 5.04. The molecule has 0 aliphatic heterocycles. The van der Waals surface area contributed by atoms with E-state index in [4.69, 9.17) is 10.00 Å². The molecule has 1 aromatic carbocycles. The largest absolute Gasteiger partial charge is 0.374 e. The molecule has 96 valence electrons. The average Bonchev–Trinajstić information content (AvgIpc) is 2.39. The summed E-state index contributed by atoms with van der Waals surface area (Å²) in [7, 11) is 0. The first-order valence-electron chi connectivity index (χ1n) is 6.80. The molecular weight excluding hydrogens is 222 g/mol. The summed E-state index contributed by atoms with van der Waals surface area (Å²) >= 11 is 0. The summed E-state index contributed by atoms with van der Waals surface area (Å²) < 4.78 is 5.99. The molecule has 0 N–H and O–H groups in total. The highest BCUT2D eigenvalue weighted by molar-refractivity contribution is 5.37. The molecular formula is C16H21NO. The van der Waals surface area contributed by atoms with Crippen LogP contribution in [0.3, 0.4) is 0 Å². The Hall–Kier alpha value is -1.33. The van der Waals surface area contributed by atoms with E-state index >= 15 is 0 Å². The average molecular weight is 243 g/mol. The minimum Gasteiger partial charge on any atom is -0.374 e. The molecule has 1 fully saturated rings. The Balaban J connectivity index is 1.89. The molecule has 1 aliphatic rings. The van der Waals surface area contributed by atoms with Crippen LogP contribution in [0.1, 0.15) is 49.3 Å². The van der Waals surface area contributed by atoms with E-state index in [1.807, 2.05) is 25.1 Å². The second-order valence-electron chi connectivity index (χ2n) is 5.45. The van der Waals surface area contributed by atoms with E-state index in [-0.39, 0.29) is 0 Å². The molecule has 1 aromatic rings. The first-order chi connectivity index (χ1) is 8.69. The molecule has 18 heavy (non-hydrogen) atoms. The van der Waals surface area contributed by atoms with E-state index < -0.39 is 0 Å². The van der Waals surface area contributed by atoms with Gasteiger partial charge in [-0.15, -0.1) is 0 Å². The first-order valence-corrected chi connectivity index (χ1v) is 6.80. The van der Waals surface area contributed by atoms with Crippen molar-refractivity contribution in [2.45, 2.75) is 52.2 Å². The van der Waals surface area contributed by atoms with E-state index in [1.165, 1.54) is 31.2 Å². The third-order valence-electron chi connectivity index (χ3n) is 3.91. The van der Waals surface area contributed by atoms with Crippen molar-refractivity contribution in [3.63, 3.8) is 0 Å². The molecule has 0 aromatic heterocycles. The van der Waals surface area contributed by atoms with Crippen LogP contribution in [0.2, 0.25) is 0 Å². The highest BCUT2D eigenvalue weighted by atomic mass is 16.5. The summed E-state index contributed by atoms with van der Waals surface area (Å²) in [6, 6.07) is 7.98. The molecule has 0 bridgehead atoms. The quantitative estimate of drug-likeness (QED) is 0.805. The lowest BCUT2D eigenvalue weighted by Crippen LogP contribution is -2.20. The van der Waals surface area contributed by atoms with Gasteiger partial charge in [-0.05, 0) is 61.8 Å². The van der Waals surface area contributed by atoms with Crippen LogP contribution in [0, 0.1) is 24.2 Å². The Labute approximate surface area is 110 Å². The Bertz CT molecular complexity index is 439. The van der Waals surface area contributed by atoms with E-state index in [9.17, 15) is 0 Å². The van der Waals surface area contributed by atoms with Gasteiger partial charge in [-0.2, -0.15) is 5.26 Å². The number of ether oxygens (including phenoxy) is 1. The maximum atomic E-state index is 8.83. The molecule has 2 rings (SSSR count). The summed E-state index contributed by atoms with van der Waals surface area (Å²) in [5.74, 6) is 0.862. The van der Waals surface area contributed by atoms with E-state index in [2.05, 4.69) is 13.0 Å². The second kappa shape index (κ2) is 6.02. The summed E-state index contributed by atoms with van der Waals surface area (Å²) in [5, 5.41) is 8.83. The third-order valence-corrected chi connectivity index (χ3v) is 3.91. The Morgan fingerprint density at radius 1 is 1.28 bits per heavy atom. The zero-order chi connectivity index (χ0) is 13.0. The fraction of sp³-hybridized carbons (Fsp3) is 0.562. The zero-order valence-electron chi connectivity index (χ0n) is 11.3. The van der Waals surface area contributed by atoms with E-state index in [0.717, 1.165) is 17.0 Å². The highest BCUT2D eigenvalue weighted by Gasteiger charge is 2.18. The Kier molecular flexibility index (Phi) is 4.38. The number of hydrogen-bond acceptors (Lipinski definition) is 2. The van der Waals surface area contributed by atoms with Crippen molar-refractivity contribution in [2.24, 2.45) is 5.92 Å². The summed E-state index contributed by atoms with van der Waals surface area (Å²) in [6.07, 6.45) is 5.39. The molecule has 0 heterocycles. The van der Waals surface area contributed by atoms with Gasteiger partial charge in [-0.3, -0.25) is 0 Å². The van der Waals surface area contributed by atoms with E-state index in [0.29, 0.717) is 12.7 Å². The van der Waals surface area contributed by atoms with Gasteiger partial charge in [0.15, 0.2) is 0 Å². The number of aryl methyl sites for hydroxylation is 1. The number of benzene rings is 1. The predicted molar refractivity (Wildman–Crippen MR) is 72.1 cm³/mol. The second-order valence-corrected chi connectivity index (χ2v) is 5.45. The van der Waals surface area contributed by atoms with Gasteiger partial charge >= 0.3 is 0 Å². The van der Waals surface area contributed by atoms with Gasteiger partial charge in [0.2, 0.25) is 0 Å². The van der Waals surface area contributed by atoms with Crippen LogP contribution in [-0.2, 0) is 11.3 Å². The van der Waals surface area contributed by atoms with Crippen LogP contribution in [0.15, 0.2) is 18.2 Å². The lowest BCUT2D eigenvalue weighted by molar-refractivity contribution is 0.00857. The topological polar surface area (TPSA) is 33.0 Å². The van der Waals surface area contributed by atoms with Gasteiger partial charge in [0, 0.05) is 0 Å². The maximum absolute atomic E-state index is 8.83. The third kappa shape index (κ3) is 3.34. The van der Waals surface area contributed by atoms with Crippen molar-refractivity contribution in [3.05, 3.63) is 34.9 Å². The van der Waals surface area contributed by atoms with Crippen molar-refractivity contribution in [1.82, 2.24) is 0 Å². The normalized spacial score (nSPS) is 23.6. The van der Waals surface area contributed by atoms with Crippen LogP contribution < -0.4 is 0 Å². The van der Waals surface area contributed by atoms with Crippen LogP contribution in [0.25, 0.3) is 0 Å². The lowest BCUT2D eigenvalue weighted by Gasteiger charge is -2.26.